The topological polar surface area (TPSA) is 76.8 Å². The van der Waals surface area contributed by atoms with Crippen molar-refractivity contribution in [2.45, 2.75) is 25.9 Å². The van der Waals surface area contributed by atoms with Crippen molar-refractivity contribution in [1.82, 2.24) is 19.6 Å². The zero-order valence-electron chi connectivity index (χ0n) is 15.6. The molecule has 0 spiro atoms. The van der Waals surface area contributed by atoms with Crippen LogP contribution in [0.3, 0.4) is 0 Å². The Bertz CT molecular complexity index is 1020. The van der Waals surface area contributed by atoms with Gasteiger partial charge in [0.15, 0.2) is 5.65 Å². The molecule has 1 saturated heterocycles. The molecule has 4 heterocycles. The number of ether oxygens (including phenoxy) is 2. The summed E-state index contributed by atoms with van der Waals surface area (Å²) in [6.07, 6.45) is 4.13. The molecular weight excluding hydrogens is 363 g/mol. The number of benzene rings is 1. The third-order valence-corrected chi connectivity index (χ3v) is 5.36. The molecule has 5 rings (SSSR count). The number of halogens is 1. The number of nitrogens with one attached hydrogen (secondary N) is 1. The predicted octanol–water partition coefficient (Wildman–Crippen LogP) is 2.04. The molecule has 1 fully saturated rings. The summed E-state index contributed by atoms with van der Waals surface area (Å²) in [5.41, 5.74) is 3.17. The molecule has 1 aromatic carbocycles. The normalized spacial score (nSPS) is 18.9. The van der Waals surface area contributed by atoms with Gasteiger partial charge in [0, 0.05) is 36.7 Å². The van der Waals surface area contributed by atoms with Crippen LogP contribution >= 0.6 is 0 Å². The van der Waals surface area contributed by atoms with E-state index in [4.69, 9.17) is 9.47 Å². The van der Waals surface area contributed by atoms with E-state index in [9.17, 15) is 4.39 Å². The van der Waals surface area contributed by atoms with Crippen molar-refractivity contribution in [2.24, 2.45) is 0 Å². The third kappa shape index (κ3) is 2.82. The molecule has 1 atom stereocenters. The lowest BCUT2D eigenvalue weighted by atomic mass is 10.0. The largest absolute Gasteiger partial charge is 0.493 e. The molecule has 0 bridgehead atoms. The van der Waals surface area contributed by atoms with E-state index in [1.54, 1.807) is 23.0 Å². The Hall–Kier alpha value is -2.94. The molecule has 146 valence electrons. The minimum atomic E-state index is -0.240. The second-order valence-electron chi connectivity index (χ2n) is 7.06. The van der Waals surface area contributed by atoms with Crippen molar-refractivity contribution in [2.75, 3.05) is 36.6 Å². The molecule has 0 radical (unpaired) electrons. The van der Waals surface area contributed by atoms with Crippen LogP contribution < -0.4 is 15.0 Å². The smallest absolute Gasteiger partial charge is 0.210 e. The molecule has 0 aliphatic carbocycles. The number of hydrogen-bond acceptors (Lipinski definition) is 7. The fraction of sp³-hybridized carbons (Fsp3) is 0.421. The molecule has 9 heteroatoms. The molecule has 8 nitrogen and oxygen atoms in total. The van der Waals surface area contributed by atoms with E-state index in [1.165, 1.54) is 6.07 Å². The zero-order valence-corrected chi connectivity index (χ0v) is 15.6. The first-order valence-corrected chi connectivity index (χ1v) is 9.42. The maximum atomic E-state index is 14.4. The van der Waals surface area contributed by atoms with Crippen molar-refractivity contribution < 1.29 is 13.9 Å². The van der Waals surface area contributed by atoms with Crippen LogP contribution in [0.15, 0.2) is 24.7 Å². The van der Waals surface area contributed by atoms with Gasteiger partial charge in [0.2, 0.25) is 5.95 Å². The average molecular weight is 384 g/mol. The van der Waals surface area contributed by atoms with Crippen molar-refractivity contribution in [3.8, 4) is 5.75 Å². The van der Waals surface area contributed by atoms with Gasteiger partial charge in [0.1, 0.15) is 23.6 Å². The lowest BCUT2D eigenvalue weighted by molar-refractivity contribution is 0.0990. The second kappa shape index (κ2) is 6.90. The average Bonchev–Trinajstić information content (AvgIpc) is 3.37. The summed E-state index contributed by atoms with van der Waals surface area (Å²) in [4.78, 5) is 6.79. The number of nitrogens with zero attached hydrogens (tertiary/aromatic N) is 5. The number of aromatic nitrogens is 4. The van der Waals surface area contributed by atoms with Gasteiger partial charge in [-0.25, -0.2) is 13.8 Å². The fourth-order valence-corrected chi connectivity index (χ4v) is 3.90. The van der Waals surface area contributed by atoms with Crippen LogP contribution in [0.5, 0.6) is 5.75 Å². The SMILES string of the molecule is CC1COCCN1c1cnc(NCc2c(F)ccc3c2CCO3)n2cnnc12. The lowest BCUT2D eigenvalue weighted by Gasteiger charge is -2.34. The Morgan fingerprint density at radius 2 is 2.25 bits per heavy atom. The minimum Gasteiger partial charge on any atom is -0.493 e. The molecule has 0 saturated carbocycles. The summed E-state index contributed by atoms with van der Waals surface area (Å²) in [6.45, 7) is 5.13. The van der Waals surface area contributed by atoms with E-state index in [1.807, 2.05) is 0 Å². The van der Waals surface area contributed by atoms with Gasteiger partial charge in [0.25, 0.3) is 0 Å². The van der Waals surface area contributed by atoms with Crippen LogP contribution in [0.1, 0.15) is 18.1 Å². The Kier molecular flexibility index (Phi) is 4.23. The summed E-state index contributed by atoms with van der Waals surface area (Å²) in [5, 5.41) is 11.6. The Morgan fingerprint density at radius 1 is 1.32 bits per heavy atom. The van der Waals surface area contributed by atoms with Crippen LogP contribution in [0, 0.1) is 5.82 Å². The van der Waals surface area contributed by atoms with Gasteiger partial charge >= 0.3 is 0 Å². The quantitative estimate of drug-likeness (QED) is 0.738. The minimum absolute atomic E-state index is 0.232. The highest BCUT2D eigenvalue weighted by Gasteiger charge is 2.24. The van der Waals surface area contributed by atoms with Crippen LogP contribution in [-0.4, -0.2) is 52.0 Å². The Balaban J connectivity index is 1.45. The van der Waals surface area contributed by atoms with Gasteiger partial charge in [0.05, 0.1) is 26.0 Å². The highest BCUT2D eigenvalue weighted by atomic mass is 19.1. The highest BCUT2D eigenvalue weighted by Crippen LogP contribution is 2.31. The molecule has 2 aliphatic rings. The summed E-state index contributed by atoms with van der Waals surface area (Å²) in [5.74, 6) is 1.09. The number of morpholine rings is 1. The van der Waals surface area contributed by atoms with Crippen molar-refractivity contribution in [3.63, 3.8) is 0 Å². The molecule has 28 heavy (non-hydrogen) atoms. The predicted molar refractivity (Wildman–Crippen MR) is 101 cm³/mol. The number of anilines is 2. The van der Waals surface area contributed by atoms with Gasteiger partial charge in [-0.2, -0.15) is 0 Å². The number of fused-ring (bicyclic) bond motifs is 2. The van der Waals surface area contributed by atoms with E-state index in [-0.39, 0.29) is 11.9 Å². The van der Waals surface area contributed by atoms with Crippen molar-refractivity contribution >= 4 is 17.3 Å². The molecule has 0 amide bonds. The number of hydrogen-bond donors (Lipinski definition) is 1. The Morgan fingerprint density at radius 3 is 3.14 bits per heavy atom. The molecular formula is C19H21FN6O2. The lowest BCUT2D eigenvalue weighted by Crippen LogP contribution is -2.44. The van der Waals surface area contributed by atoms with Gasteiger partial charge in [-0.15, -0.1) is 10.2 Å². The zero-order chi connectivity index (χ0) is 19.1. The first-order valence-electron chi connectivity index (χ1n) is 9.42. The van der Waals surface area contributed by atoms with Gasteiger partial charge < -0.3 is 19.7 Å². The van der Waals surface area contributed by atoms with Crippen molar-refractivity contribution in [3.05, 3.63) is 41.6 Å². The molecule has 3 aromatic rings. The third-order valence-electron chi connectivity index (χ3n) is 5.36. The van der Waals surface area contributed by atoms with E-state index in [0.29, 0.717) is 49.9 Å². The summed E-state index contributed by atoms with van der Waals surface area (Å²) in [7, 11) is 0. The van der Waals surface area contributed by atoms with E-state index >= 15 is 0 Å². The monoisotopic (exact) mass is 384 g/mol. The van der Waals surface area contributed by atoms with Gasteiger partial charge in [-0.3, -0.25) is 0 Å². The molecule has 1 N–H and O–H groups in total. The molecule has 2 aromatic heterocycles. The first-order chi connectivity index (χ1) is 13.7. The van der Waals surface area contributed by atoms with E-state index in [0.717, 1.165) is 23.5 Å². The van der Waals surface area contributed by atoms with E-state index < -0.39 is 0 Å². The summed E-state index contributed by atoms with van der Waals surface area (Å²) < 4.78 is 27.3. The van der Waals surface area contributed by atoms with Gasteiger partial charge in [-0.05, 0) is 19.1 Å². The van der Waals surface area contributed by atoms with Gasteiger partial charge in [-0.1, -0.05) is 0 Å². The molecule has 2 aliphatic heterocycles. The maximum absolute atomic E-state index is 14.4. The first kappa shape index (κ1) is 17.2. The standard InChI is InChI=1S/C19H21FN6O2/c1-12-10-27-7-5-25(12)16-9-22-19(26-11-23-24-18(16)26)21-8-14-13-4-6-28-17(13)3-2-15(14)20/h2-3,9,11-12H,4-8,10H2,1H3,(H,21,22). The number of rotatable bonds is 4. The van der Waals surface area contributed by atoms with E-state index in [2.05, 4.69) is 32.3 Å². The molecule has 1 unspecified atom stereocenters. The van der Waals surface area contributed by atoms with Crippen LogP contribution in [0.25, 0.3) is 5.65 Å². The summed E-state index contributed by atoms with van der Waals surface area (Å²) in [6, 6.07) is 3.37. The fourth-order valence-electron chi connectivity index (χ4n) is 3.90. The van der Waals surface area contributed by atoms with Crippen LogP contribution in [0.2, 0.25) is 0 Å². The van der Waals surface area contributed by atoms with Crippen molar-refractivity contribution in [1.29, 1.82) is 0 Å². The summed E-state index contributed by atoms with van der Waals surface area (Å²) >= 11 is 0. The van der Waals surface area contributed by atoms with Crippen LogP contribution in [0.4, 0.5) is 16.0 Å². The maximum Gasteiger partial charge on any atom is 0.210 e. The second-order valence-corrected chi connectivity index (χ2v) is 7.06. The highest BCUT2D eigenvalue weighted by molar-refractivity contribution is 5.70. The Labute approximate surface area is 161 Å². The van der Waals surface area contributed by atoms with Crippen LogP contribution in [-0.2, 0) is 17.7 Å².